The zero-order valence-corrected chi connectivity index (χ0v) is 27.2. The van der Waals surface area contributed by atoms with Crippen molar-refractivity contribution < 1.29 is 18.0 Å². The molecule has 4 rings (SSSR count). The van der Waals surface area contributed by atoms with Gasteiger partial charge in [0.2, 0.25) is 21.8 Å². The summed E-state index contributed by atoms with van der Waals surface area (Å²) in [5, 5.41) is 3.60. The first kappa shape index (κ1) is 32.3. The van der Waals surface area contributed by atoms with E-state index in [1.54, 1.807) is 6.07 Å². The molecule has 224 valence electrons. The molecule has 0 saturated heterocycles. The van der Waals surface area contributed by atoms with Gasteiger partial charge in [-0.25, -0.2) is 8.42 Å². The van der Waals surface area contributed by atoms with E-state index < -0.39 is 28.5 Å². The molecule has 0 spiro atoms. The van der Waals surface area contributed by atoms with E-state index >= 15 is 0 Å². The van der Waals surface area contributed by atoms with Crippen LogP contribution in [-0.4, -0.2) is 50.0 Å². The number of nitrogens with zero attached hydrogens (tertiary/aromatic N) is 2. The van der Waals surface area contributed by atoms with E-state index in [1.165, 1.54) is 17.0 Å². The second-order valence-electron chi connectivity index (χ2n) is 10.6. The van der Waals surface area contributed by atoms with Crippen LogP contribution in [0.1, 0.15) is 43.2 Å². The normalized spacial score (nSPS) is 14.7. The number of carbonyl (C=O) groups is 2. The lowest BCUT2D eigenvalue weighted by Gasteiger charge is -2.35. The second kappa shape index (κ2) is 14.7. The molecule has 3 aromatic carbocycles. The van der Waals surface area contributed by atoms with Crippen molar-refractivity contribution in [3.63, 3.8) is 0 Å². The van der Waals surface area contributed by atoms with Gasteiger partial charge in [0.15, 0.2) is 0 Å². The van der Waals surface area contributed by atoms with Crippen LogP contribution < -0.4 is 9.62 Å². The standard InChI is InChI=1S/C31H34BrCl2N3O4S/c1-42(40,41)37(28-19-25(33)15-16-27(28)34)21-30(38)36(20-23-11-8-12-24(32)17-23)29(18-22-9-4-2-5-10-22)31(39)35-26-13-6-3-7-14-26/h2,4-5,8-12,15-17,19,26,29H,3,6-7,13-14,18,20-21H2,1H3,(H,35,39)/t29-/m1/s1. The van der Waals surface area contributed by atoms with Crippen LogP contribution in [0.5, 0.6) is 0 Å². The molecule has 3 aromatic rings. The minimum atomic E-state index is -3.96. The summed E-state index contributed by atoms with van der Waals surface area (Å²) >= 11 is 16.0. The van der Waals surface area contributed by atoms with E-state index in [0.29, 0.717) is 0 Å². The Kier molecular flexibility index (Phi) is 11.3. The van der Waals surface area contributed by atoms with Gasteiger partial charge in [-0.3, -0.25) is 13.9 Å². The molecule has 1 atom stereocenters. The van der Waals surface area contributed by atoms with Crippen LogP contribution in [-0.2, 0) is 32.6 Å². The summed E-state index contributed by atoms with van der Waals surface area (Å²) in [4.78, 5) is 29.7. The third-order valence-electron chi connectivity index (χ3n) is 7.32. The number of anilines is 1. The second-order valence-corrected chi connectivity index (χ2v) is 14.2. The van der Waals surface area contributed by atoms with Crippen molar-refractivity contribution in [3.8, 4) is 0 Å². The van der Waals surface area contributed by atoms with Crippen LogP contribution in [0.4, 0.5) is 5.69 Å². The quantitative estimate of drug-likeness (QED) is 0.245. The van der Waals surface area contributed by atoms with Crippen LogP contribution in [0.2, 0.25) is 10.0 Å². The topological polar surface area (TPSA) is 86.8 Å². The van der Waals surface area contributed by atoms with Crippen LogP contribution in [0.15, 0.2) is 77.3 Å². The number of sulfonamides is 1. The molecule has 0 aromatic heterocycles. The molecular formula is C31H34BrCl2N3O4S. The fourth-order valence-electron chi connectivity index (χ4n) is 5.20. The summed E-state index contributed by atoms with van der Waals surface area (Å²) in [6, 6.07) is 20.5. The Balaban J connectivity index is 1.74. The van der Waals surface area contributed by atoms with Crippen molar-refractivity contribution in [2.45, 2.75) is 57.2 Å². The summed E-state index contributed by atoms with van der Waals surface area (Å²) < 4.78 is 27.7. The Bertz CT molecular complexity index is 1500. The smallest absolute Gasteiger partial charge is 0.244 e. The molecule has 42 heavy (non-hydrogen) atoms. The number of carbonyl (C=O) groups excluding carboxylic acids is 2. The monoisotopic (exact) mass is 693 g/mol. The molecule has 1 aliphatic carbocycles. The van der Waals surface area contributed by atoms with Crippen LogP contribution in [0.25, 0.3) is 0 Å². The molecule has 0 aliphatic heterocycles. The molecule has 0 bridgehead atoms. The highest BCUT2D eigenvalue weighted by molar-refractivity contribution is 9.10. The van der Waals surface area contributed by atoms with Gasteiger partial charge < -0.3 is 10.2 Å². The third-order valence-corrected chi connectivity index (χ3v) is 9.50. The first-order valence-electron chi connectivity index (χ1n) is 13.8. The first-order valence-corrected chi connectivity index (χ1v) is 17.2. The maximum absolute atomic E-state index is 14.2. The van der Waals surface area contributed by atoms with Gasteiger partial charge in [0, 0.05) is 28.5 Å². The Morgan fingerprint density at radius 2 is 1.64 bits per heavy atom. The maximum atomic E-state index is 14.2. The molecule has 1 N–H and O–H groups in total. The predicted molar refractivity (Wildman–Crippen MR) is 172 cm³/mol. The number of nitrogens with one attached hydrogen (secondary N) is 1. The fourth-order valence-corrected chi connectivity index (χ4v) is 6.94. The molecule has 1 fully saturated rings. The van der Waals surface area contributed by atoms with Crippen LogP contribution >= 0.6 is 39.1 Å². The highest BCUT2D eigenvalue weighted by atomic mass is 79.9. The summed E-state index contributed by atoms with van der Waals surface area (Å²) in [6.45, 7) is -0.469. The van der Waals surface area contributed by atoms with Gasteiger partial charge >= 0.3 is 0 Å². The Morgan fingerprint density at radius 3 is 2.31 bits per heavy atom. The number of hydrogen-bond acceptors (Lipinski definition) is 4. The van der Waals surface area contributed by atoms with Gasteiger partial charge in [-0.1, -0.05) is 101 Å². The van der Waals surface area contributed by atoms with E-state index in [9.17, 15) is 18.0 Å². The zero-order valence-electron chi connectivity index (χ0n) is 23.3. The summed E-state index contributed by atoms with van der Waals surface area (Å²) in [5.41, 5.74) is 1.76. The number of amides is 2. The molecular weight excluding hydrogens is 661 g/mol. The number of halogens is 3. The Morgan fingerprint density at radius 1 is 0.952 bits per heavy atom. The lowest BCUT2D eigenvalue weighted by molar-refractivity contribution is -0.140. The third kappa shape index (κ3) is 8.96. The van der Waals surface area contributed by atoms with Crippen molar-refractivity contribution in [3.05, 3.63) is 98.4 Å². The van der Waals surface area contributed by atoms with E-state index in [2.05, 4.69) is 21.2 Å². The lowest BCUT2D eigenvalue weighted by Crippen LogP contribution is -2.55. The number of rotatable bonds is 11. The molecule has 7 nitrogen and oxygen atoms in total. The minimum absolute atomic E-state index is 0.0325. The summed E-state index contributed by atoms with van der Waals surface area (Å²) in [6.07, 6.45) is 6.26. The lowest BCUT2D eigenvalue weighted by atomic mass is 9.94. The highest BCUT2D eigenvalue weighted by Crippen LogP contribution is 2.31. The molecule has 2 amide bonds. The summed E-state index contributed by atoms with van der Waals surface area (Å²) in [7, 11) is -3.96. The van der Waals surface area contributed by atoms with E-state index in [1.807, 2.05) is 54.6 Å². The van der Waals surface area contributed by atoms with Gasteiger partial charge in [0.1, 0.15) is 12.6 Å². The molecule has 1 aliphatic rings. The van der Waals surface area contributed by atoms with Crippen molar-refractivity contribution in [1.82, 2.24) is 10.2 Å². The van der Waals surface area contributed by atoms with Gasteiger partial charge in [0.05, 0.1) is 17.0 Å². The van der Waals surface area contributed by atoms with E-state index in [-0.39, 0.29) is 40.6 Å². The van der Waals surface area contributed by atoms with Crippen LogP contribution in [0.3, 0.4) is 0 Å². The Labute approximate surface area is 266 Å². The Hall–Kier alpha value is -2.59. The minimum Gasteiger partial charge on any atom is -0.352 e. The maximum Gasteiger partial charge on any atom is 0.244 e. The van der Waals surface area contributed by atoms with E-state index in [0.717, 1.165) is 58.3 Å². The molecule has 0 heterocycles. The van der Waals surface area contributed by atoms with E-state index in [4.69, 9.17) is 23.2 Å². The van der Waals surface area contributed by atoms with Crippen LogP contribution in [0, 0.1) is 0 Å². The SMILES string of the molecule is CS(=O)(=O)N(CC(=O)N(Cc1cccc(Br)c1)[C@H](Cc1ccccc1)C(=O)NC1CCCCC1)c1cc(Cl)ccc1Cl. The highest BCUT2D eigenvalue weighted by Gasteiger charge is 2.34. The zero-order chi connectivity index (χ0) is 30.3. The summed E-state index contributed by atoms with van der Waals surface area (Å²) in [5.74, 6) is -0.808. The number of hydrogen-bond donors (Lipinski definition) is 1. The number of benzene rings is 3. The van der Waals surface area contributed by atoms with Gasteiger partial charge in [-0.15, -0.1) is 0 Å². The van der Waals surface area contributed by atoms with Crippen molar-refractivity contribution in [2.75, 3.05) is 17.1 Å². The fraction of sp³-hybridized carbons (Fsp3) is 0.355. The van der Waals surface area contributed by atoms with Crippen molar-refractivity contribution >= 4 is 66.7 Å². The van der Waals surface area contributed by atoms with Crippen molar-refractivity contribution in [1.29, 1.82) is 0 Å². The molecule has 1 saturated carbocycles. The molecule has 0 unspecified atom stereocenters. The van der Waals surface area contributed by atoms with Gasteiger partial charge in [0.25, 0.3) is 0 Å². The molecule has 0 radical (unpaired) electrons. The molecule has 11 heteroatoms. The van der Waals surface area contributed by atoms with Gasteiger partial charge in [-0.05, 0) is 54.3 Å². The van der Waals surface area contributed by atoms with Gasteiger partial charge in [-0.2, -0.15) is 0 Å². The first-order chi connectivity index (χ1) is 20.0. The van der Waals surface area contributed by atoms with Crippen molar-refractivity contribution in [2.24, 2.45) is 0 Å². The average molecular weight is 696 g/mol. The predicted octanol–water partition coefficient (Wildman–Crippen LogP) is 6.61. The average Bonchev–Trinajstić information content (AvgIpc) is 2.95. The largest absolute Gasteiger partial charge is 0.352 e.